The van der Waals surface area contributed by atoms with E-state index in [1.54, 1.807) is 18.2 Å². The van der Waals surface area contributed by atoms with E-state index >= 15 is 0 Å². The number of nitrogens with zero attached hydrogens (tertiary/aromatic N) is 2. The first-order valence-electron chi connectivity index (χ1n) is 9.44. The van der Waals surface area contributed by atoms with Crippen LogP contribution in [0.1, 0.15) is 21.6 Å². The van der Waals surface area contributed by atoms with Crippen LogP contribution in [0.25, 0.3) is 10.8 Å². The summed E-state index contributed by atoms with van der Waals surface area (Å²) in [6, 6.07) is 20.2. The molecule has 1 amide bonds. The second-order valence-electron chi connectivity index (χ2n) is 7.02. The molecule has 0 aliphatic heterocycles. The Bertz CT molecular complexity index is 1400. The van der Waals surface area contributed by atoms with E-state index in [0.29, 0.717) is 11.3 Å². The molecule has 0 spiro atoms. The van der Waals surface area contributed by atoms with Crippen LogP contribution in [-0.2, 0) is 15.6 Å². The van der Waals surface area contributed by atoms with E-state index in [1.165, 1.54) is 0 Å². The maximum atomic E-state index is 12.9. The monoisotopic (exact) mass is 451 g/mol. The number of carbonyl (C=O) groups is 1. The molecule has 0 unspecified atom stereocenters. The second-order valence-corrected chi connectivity index (χ2v) is 9.31. The Morgan fingerprint density at radius 3 is 2.52 bits per heavy atom. The van der Waals surface area contributed by atoms with Crippen LogP contribution in [0, 0.1) is 6.92 Å². The molecule has 31 heavy (non-hydrogen) atoms. The fourth-order valence-corrected chi connectivity index (χ4v) is 4.70. The number of amides is 1. The highest BCUT2D eigenvalue weighted by atomic mass is 35.5. The molecule has 156 valence electrons. The third kappa shape index (κ3) is 4.42. The molecule has 0 atom stereocenters. The molecule has 6 nitrogen and oxygen atoms in total. The maximum absolute atomic E-state index is 12.9. The van der Waals surface area contributed by atoms with Gasteiger partial charge in [-0.05, 0) is 29.5 Å². The average molecular weight is 452 g/mol. The fourth-order valence-electron chi connectivity index (χ4n) is 3.22. The zero-order chi connectivity index (χ0) is 22.0. The van der Waals surface area contributed by atoms with Crippen LogP contribution < -0.4 is 5.32 Å². The molecule has 0 saturated heterocycles. The number of benzene rings is 3. The second kappa shape index (κ2) is 8.45. The van der Waals surface area contributed by atoms with Crippen molar-refractivity contribution in [3.05, 3.63) is 94.8 Å². The van der Waals surface area contributed by atoms with Gasteiger partial charge >= 0.3 is 0 Å². The third-order valence-electron chi connectivity index (χ3n) is 4.86. The van der Waals surface area contributed by atoms with E-state index in [-0.39, 0.29) is 16.5 Å². The number of aromatic nitrogens is 2. The first kappa shape index (κ1) is 21.0. The third-order valence-corrected chi connectivity index (χ3v) is 6.58. The zero-order valence-corrected chi connectivity index (χ0v) is 18.1. The molecule has 0 aliphatic carbocycles. The summed E-state index contributed by atoms with van der Waals surface area (Å²) in [4.78, 5) is 20.8. The molecular weight excluding hydrogens is 434 g/mol. The minimum atomic E-state index is -3.88. The normalized spacial score (nSPS) is 11.4. The molecule has 4 aromatic rings. The number of carbonyl (C=O) groups excluding carboxylic acids is 1. The number of hydrogen-bond acceptors (Lipinski definition) is 5. The number of hydrogen-bond donors (Lipinski definition) is 1. The van der Waals surface area contributed by atoms with Gasteiger partial charge in [-0.15, -0.1) is 0 Å². The molecule has 4 rings (SSSR count). The van der Waals surface area contributed by atoms with Gasteiger partial charge in [0.15, 0.2) is 5.69 Å². The predicted octanol–water partition coefficient (Wildman–Crippen LogP) is 4.82. The van der Waals surface area contributed by atoms with Crippen molar-refractivity contribution < 1.29 is 13.2 Å². The lowest BCUT2D eigenvalue weighted by Gasteiger charge is -2.11. The van der Waals surface area contributed by atoms with Crippen molar-refractivity contribution >= 4 is 43.8 Å². The van der Waals surface area contributed by atoms with Crippen LogP contribution >= 0.6 is 11.6 Å². The number of anilines is 1. The van der Waals surface area contributed by atoms with Crippen LogP contribution in [-0.4, -0.2) is 24.3 Å². The standard InChI is InChI=1S/C23H18ClN3O3S/c1-15-7-2-3-9-17(15)14-31(29,30)23-25-13-19(24)21(27-23)22(28)26-20-12-6-10-16-8-4-5-11-18(16)20/h2-13H,14H2,1H3,(H,26,28). The Morgan fingerprint density at radius 1 is 1.00 bits per heavy atom. The molecule has 0 bridgehead atoms. The van der Waals surface area contributed by atoms with Gasteiger partial charge in [0.2, 0.25) is 15.0 Å². The van der Waals surface area contributed by atoms with Crippen LogP contribution in [0.3, 0.4) is 0 Å². The number of sulfone groups is 1. The Hall–Kier alpha value is -3.29. The van der Waals surface area contributed by atoms with Crippen LogP contribution in [0.2, 0.25) is 5.02 Å². The van der Waals surface area contributed by atoms with Crippen molar-refractivity contribution in [1.82, 2.24) is 9.97 Å². The number of rotatable bonds is 5. The zero-order valence-electron chi connectivity index (χ0n) is 16.5. The summed E-state index contributed by atoms with van der Waals surface area (Å²) in [7, 11) is -3.88. The number of halogens is 1. The minimum Gasteiger partial charge on any atom is -0.320 e. The van der Waals surface area contributed by atoms with E-state index < -0.39 is 20.9 Å². The summed E-state index contributed by atoms with van der Waals surface area (Å²) in [5, 5.41) is 4.09. The molecule has 1 N–H and O–H groups in total. The first-order chi connectivity index (χ1) is 14.8. The van der Waals surface area contributed by atoms with Crippen molar-refractivity contribution in [1.29, 1.82) is 0 Å². The molecule has 0 saturated carbocycles. The van der Waals surface area contributed by atoms with Gasteiger partial charge in [0, 0.05) is 11.1 Å². The highest BCUT2D eigenvalue weighted by molar-refractivity contribution is 7.90. The van der Waals surface area contributed by atoms with E-state index in [4.69, 9.17) is 11.6 Å². The summed E-state index contributed by atoms with van der Waals surface area (Å²) in [6.07, 6.45) is 1.14. The van der Waals surface area contributed by atoms with Gasteiger partial charge in [-0.25, -0.2) is 18.4 Å². The van der Waals surface area contributed by atoms with Gasteiger partial charge in [-0.1, -0.05) is 72.3 Å². The van der Waals surface area contributed by atoms with E-state index in [9.17, 15) is 13.2 Å². The predicted molar refractivity (Wildman–Crippen MR) is 121 cm³/mol. The number of aryl methyl sites for hydroxylation is 1. The van der Waals surface area contributed by atoms with Crippen molar-refractivity contribution in [2.24, 2.45) is 0 Å². The smallest absolute Gasteiger partial charge is 0.276 e. The van der Waals surface area contributed by atoms with Gasteiger partial charge in [-0.3, -0.25) is 4.79 Å². The quantitative estimate of drug-likeness (QED) is 0.439. The van der Waals surface area contributed by atoms with E-state index in [2.05, 4.69) is 15.3 Å². The summed E-state index contributed by atoms with van der Waals surface area (Å²) in [5.41, 5.74) is 1.85. The highest BCUT2D eigenvalue weighted by Crippen LogP contribution is 2.25. The van der Waals surface area contributed by atoms with Gasteiger partial charge in [0.05, 0.1) is 17.0 Å². The van der Waals surface area contributed by atoms with Gasteiger partial charge in [-0.2, -0.15) is 0 Å². The van der Waals surface area contributed by atoms with Crippen LogP contribution in [0.4, 0.5) is 5.69 Å². The topological polar surface area (TPSA) is 89.0 Å². The van der Waals surface area contributed by atoms with Crippen LogP contribution in [0.15, 0.2) is 78.1 Å². The lowest BCUT2D eigenvalue weighted by molar-refractivity contribution is 0.102. The summed E-state index contributed by atoms with van der Waals surface area (Å²) in [6.45, 7) is 1.83. The molecule has 1 heterocycles. The van der Waals surface area contributed by atoms with Gasteiger partial charge in [0.1, 0.15) is 0 Å². The van der Waals surface area contributed by atoms with Crippen LogP contribution in [0.5, 0.6) is 0 Å². The molecule has 3 aromatic carbocycles. The SMILES string of the molecule is Cc1ccccc1CS(=O)(=O)c1ncc(Cl)c(C(=O)Nc2cccc3ccccc23)n1. The summed E-state index contributed by atoms with van der Waals surface area (Å²) >= 11 is 6.13. The first-order valence-corrected chi connectivity index (χ1v) is 11.5. The lowest BCUT2D eigenvalue weighted by Crippen LogP contribution is -2.18. The highest BCUT2D eigenvalue weighted by Gasteiger charge is 2.24. The summed E-state index contributed by atoms with van der Waals surface area (Å²) < 4.78 is 25.7. The van der Waals surface area contributed by atoms with E-state index in [0.717, 1.165) is 22.5 Å². The fraction of sp³-hybridized carbons (Fsp3) is 0.0870. The average Bonchev–Trinajstić information content (AvgIpc) is 2.75. The van der Waals surface area contributed by atoms with E-state index in [1.807, 2.05) is 55.5 Å². The van der Waals surface area contributed by atoms with Crippen molar-refractivity contribution in [2.45, 2.75) is 17.8 Å². The Balaban J connectivity index is 1.66. The molecule has 1 aromatic heterocycles. The summed E-state index contributed by atoms with van der Waals surface area (Å²) in [5.74, 6) is -0.887. The lowest BCUT2D eigenvalue weighted by atomic mass is 10.1. The van der Waals surface area contributed by atoms with Gasteiger partial charge < -0.3 is 5.32 Å². The Labute approximate surface area is 184 Å². The molecule has 8 heteroatoms. The number of nitrogens with one attached hydrogen (secondary N) is 1. The molecule has 0 fully saturated rings. The Kier molecular flexibility index (Phi) is 5.71. The number of fused-ring (bicyclic) bond motifs is 1. The van der Waals surface area contributed by atoms with Crippen molar-refractivity contribution in [3.63, 3.8) is 0 Å². The molecule has 0 radical (unpaired) electrons. The van der Waals surface area contributed by atoms with Gasteiger partial charge in [0.25, 0.3) is 5.91 Å². The Morgan fingerprint density at radius 2 is 1.71 bits per heavy atom. The maximum Gasteiger partial charge on any atom is 0.276 e. The largest absolute Gasteiger partial charge is 0.320 e. The minimum absolute atomic E-state index is 0.0346. The molecule has 0 aliphatic rings. The van der Waals surface area contributed by atoms with Crippen molar-refractivity contribution in [3.8, 4) is 0 Å². The van der Waals surface area contributed by atoms with Crippen molar-refractivity contribution in [2.75, 3.05) is 5.32 Å². The molecular formula is C23H18ClN3O3S.